The Kier molecular flexibility index (Phi) is 3.58. The SMILES string of the molecule is Cc1c(Cn2cncc2C(N)c2ccccc2)cnn1C. The minimum atomic E-state index is -0.175. The third-order valence-corrected chi connectivity index (χ3v) is 3.90. The minimum absolute atomic E-state index is 0.175. The summed E-state index contributed by atoms with van der Waals surface area (Å²) in [4.78, 5) is 4.26. The predicted octanol–water partition coefficient (Wildman–Crippen LogP) is 2.02. The standard InChI is InChI=1S/C16H19N5/c1-12-14(8-19-20(12)2)10-21-11-18-9-15(21)16(17)13-6-4-3-5-7-13/h3-9,11,16H,10,17H2,1-2H3. The van der Waals surface area contributed by atoms with Gasteiger partial charge in [0, 0.05) is 18.3 Å². The first-order chi connectivity index (χ1) is 10.2. The smallest absolute Gasteiger partial charge is 0.0951 e. The zero-order valence-corrected chi connectivity index (χ0v) is 12.3. The molecule has 2 aromatic heterocycles. The van der Waals surface area contributed by atoms with Crippen molar-refractivity contribution in [2.75, 3.05) is 0 Å². The molecule has 5 nitrogen and oxygen atoms in total. The fourth-order valence-corrected chi connectivity index (χ4v) is 2.44. The monoisotopic (exact) mass is 281 g/mol. The maximum Gasteiger partial charge on any atom is 0.0951 e. The van der Waals surface area contributed by atoms with Crippen LogP contribution in [0.15, 0.2) is 49.1 Å². The van der Waals surface area contributed by atoms with Crippen LogP contribution in [0.25, 0.3) is 0 Å². The first-order valence-electron chi connectivity index (χ1n) is 6.95. The van der Waals surface area contributed by atoms with E-state index in [1.165, 1.54) is 5.56 Å². The first-order valence-corrected chi connectivity index (χ1v) is 6.95. The van der Waals surface area contributed by atoms with Crippen molar-refractivity contribution in [1.82, 2.24) is 19.3 Å². The van der Waals surface area contributed by atoms with Gasteiger partial charge in [0.1, 0.15) is 0 Å². The molecule has 3 aromatic rings. The molecule has 0 fully saturated rings. The van der Waals surface area contributed by atoms with E-state index < -0.39 is 0 Å². The van der Waals surface area contributed by atoms with Gasteiger partial charge in [0.15, 0.2) is 0 Å². The van der Waals surface area contributed by atoms with Crippen LogP contribution in [0.3, 0.4) is 0 Å². The molecule has 0 aliphatic carbocycles. The summed E-state index contributed by atoms with van der Waals surface area (Å²) < 4.78 is 3.96. The zero-order chi connectivity index (χ0) is 14.8. The lowest BCUT2D eigenvalue weighted by molar-refractivity contribution is 0.688. The minimum Gasteiger partial charge on any atom is -0.328 e. The molecule has 0 aliphatic heterocycles. The Hall–Kier alpha value is -2.40. The van der Waals surface area contributed by atoms with Crippen molar-refractivity contribution in [3.63, 3.8) is 0 Å². The van der Waals surface area contributed by atoms with E-state index in [0.717, 1.165) is 23.5 Å². The molecule has 108 valence electrons. The summed E-state index contributed by atoms with van der Waals surface area (Å²) in [6.07, 6.45) is 5.56. The molecule has 0 saturated heterocycles. The highest BCUT2D eigenvalue weighted by Gasteiger charge is 2.15. The third-order valence-electron chi connectivity index (χ3n) is 3.90. The summed E-state index contributed by atoms with van der Waals surface area (Å²) in [5, 5.41) is 4.28. The lowest BCUT2D eigenvalue weighted by atomic mass is 10.1. The molecule has 1 atom stereocenters. The van der Waals surface area contributed by atoms with E-state index in [9.17, 15) is 0 Å². The molecule has 0 bridgehead atoms. The lowest BCUT2D eigenvalue weighted by Gasteiger charge is -2.15. The van der Waals surface area contributed by atoms with E-state index in [0.29, 0.717) is 0 Å². The molecule has 21 heavy (non-hydrogen) atoms. The molecule has 0 aliphatic rings. The van der Waals surface area contributed by atoms with Crippen molar-refractivity contribution < 1.29 is 0 Å². The Morgan fingerprint density at radius 3 is 2.62 bits per heavy atom. The summed E-state index contributed by atoms with van der Waals surface area (Å²) in [6, 6.07) is 9.90. The molecular weight excluding hydrogens is 262 g/mol. The maximum atomic E-state index is 6.38. The maximum absolute atomic E-state index is 6.38. The number of hydrogen-bond acceptors (Lipinski definition) is 3. The van der Waals surface area contributed by atoms with Crippen molar-refractivity contribution in [2.24, 2.45) is 12.8 Å². The van der Waals surface area contributed by atoms with Gasteiger partial charge in [-0.1, -0.05) is 30.3 Å². The van der Waals surface area contributed by atoms with Crippen LogP contribution in [0, 0.1) is 6.92 Å². The number of nitrogens with zero attached hydrogens (tertiary/aromatic N) is 4. The van der Waals surface area contributed by atoms with Gasteiger partial charge < -0.3 is 10.3 Å². The number of imidazole rings is 1. The van der Waals surface area contributed by atoms with Gasteiger partial charge in [-0.05, 0) is 12.5 Å². The molecule has 0 spiro atoms. The van der Waals surface area contributed by atoms with Gasteiger partial charge in [0.25, 0.3) is 0 Å². The molecule has 1 unspecified atom stereocenters. The Balaban J connectivity index is 1.89. The second-order valence-corrected chi connectivity index (χ2v) is 5.21. The average molecular weight is 281 g/mol. The number of rotatable bonds is 4. The van der Waals surface area contributed by atoms with E-state index >= 15 is 0 Å². The summed E-state index contributed by atoms with van der Waals surface area (Å²) >= 11 is 0. The molecule has 2 heterocycles. The van der Waals surface area contributed by atoms with E-state index in [-0.39, 0.29) is 6.04 Å². The predicted molar refractivity (Wildman–Crippen MR) is 81.7 cm³/mol. The van der Waals surface area contributed by atoms with Gasteiger partial charge in [-0.2, -0.15) is 5.10 Å². The number of aryl methyl sites for hydroxylation is 1. The van der Waals surface area contributed by atoms with Gasteiger partial charge in [-0.25, -0.2) is 4.98 Å². The highest BCUT2D eigenvalue weighted by molar-refractivity contribution is 5.27. The normalized spacial score (nSPS) is 12.5. The van der Waals surface area contributed by atoms with Crippen LogP contribution in [-0.2, 0) is 13.6 Å². The van der Waals surface area contributed by atoms with Crippen LogP contribution in [0.2, 0.25) is 0 Å². The number of hydrogen-bond donors (Lipinski definition) is 1. The second kappa shape index (κ2) is 5.54. The van der Waals surface area contributed by atoms with Crippen molar-refractivity contribution in [1.29, 1.82) is 0 Å². The molecule has 1 aromatic carbocycles. The molecule has 2 N–H and O–H groups in total. The van der Waals surface area contributed by atoms with Crippen molar-refractivity contribution in [3.05, 3.63) is 71.6 Å². The number of nitrogens with two attached hydrogens (primary N) is 1. The van der Waals surface area contributed by atoms with E-state index in [4.69, 9.17) is 5.73 Å². The summed E-state index contributed by atoms with van der Waals surface area (Å²) in [5.41, 5.74) is 10.8. The highest BCUT2D eigenvalue weighted by atomic mass is 15.3. The summed E-state index contributed by atoms with van der Waals surface area (Å²) in [5.74, 6) is 0. The number of benzene rings is 1. The van der Waals surface area contributed by atoms with Crippen molar-refractivity contribution in [3.8, 4) is 0 Å². The average Bonchev–Trinajstić information content (AvgIpc) is 3.10. The van der Waals surface area contributed by atoms with Crippen LogP contribution in [0.4, 0.5) is 0 Å². The van der Waals surface area contributed by atoms with Gasteiger partial charge in [0.05, 0.1) is 37.0 Å². The largest absolute Gasteiger partial charge is 0.328 e. The Labute approximate surface area is 124 Å². The molecular formula is C16H19N5. The Bertz CT molecular complexity index is 726. The molecule has 0 saturated carbocycles. The van der Waals surface area contributed by atoms with Gasteiger partial charge in [-0.3, -0.25) is 4.68 Å². The molecule has 5 heteroatoms. The lowest BCUT2D eigenvalue weighted by Crippen LogP contribution is -2.17. The third kappa shape index (κ3) is 2.60. The van der Waals surface area contributed by atoms with Gasteiger partial charge in [0.2, 0.25) is 0 Å². The first kappa shape index (κ1) is 13.6. The van der Waals surface area contributed by atoms with E-state index in [2.05, 4.69) is 21.6 Å². The number of aromatic nitrogens is 4. The van der Waals surface area contributed by atoms with Crippen LogP contribution in [0.5, 0.6) is 0 Å². The Morgan fingerprint density at radius 2 is 1.95 bits per heavy atom. The fraction of sp³-hybridized carbons (Fsp3) is 0.250. The quantitative estimate of drug-likeness (QED) is 0.796. The van der Waals surface area contributed by atoms with Crippen LogP contribution < -0.4 is 5.73 Å². The second-order valence-electron chi connectivity index (χ2n) is 5.21. The van der Waals surface area contributed by atoms with Crippen LogP contribution in [0.1, 0.15) is 28.6 Å². The summed E-state index contributed by atoms with van der Waals surface area (Å²) in [7, 11) is 1.95. The fourth-order valence-electron chi connectivity index (χ4n) is 2.44. The summed E-state index contributed by atoms with van der Waals surface area (Å²) in [6.45, 7) is 2.80. The molecule has 0 amide bonds. The molecule has 0 radical (unpaired) electrons. The van der Waals surface area contributed by atoms with Gasteiger partial charge >= 0.3 is 0 Å². The van der Waals surface area contributed by atoms with Crippen LogP contribution >= 0.6 is 0 Å². The van der Waals surface area contributed by atoms with Crippen LogP contribution in [-0.4, -0.2) is 19.3 Å². The van der Waals surface area contributed by atoms with Crippen molar-refractivity contribution >= 4 is 0 Å². The van der Waals surface area contributed by atoms with E-state index in [1.807, 2.05) is 60.8 Å². The van der Waals surface area contributed by atoms with E-state index in [1.54, 1.807) is 0 Å². The molecule has 3 rings (SSSR count). The van der Waals surface area contributed by atoms with Gasteiger partial charge in [-0.15, -0.1) is 0 Å². The topological polar surface area (TPSA) is 61.7 Å². The Morgan fingerprint density at radius 1 is 1.19 bits per heavy atom. The van der Waals surface area contributed by atoms with Crippen molar-refractivity contribution in [2.45, 2.75) is 19.5 Å². The highest BCUT2D eigenvalue weighted by Crippen LogP contribution is 2.20. The zero-order valence-electron chi connectivity index (χ0n) is 12.3.